The van der Waals surface area contributed by atoms with Crippen molar-refractivity contribution in [2.24, 2.45) is 0 Å². The number of likely N-dealkylation sites (tertiary alicyclic amines) is 1. The van der Waals surface area contributed by atoms with Crippen LogP contribution in [-0.2, 0) is 5.41 Å². The summed E-state index contributed by atoms with van der Waals surface area (Å²) in [7, 11) is 0. The molecule has 5 rings (SSSR count). The van der Waals surface area contributed by atoms with Gasteiger partial charge in [-0.05, 0) is 67.6 Å². The molecule has 2 heterocycles. The van der Waals surface area contributed by atoms with E-state index in [2.05, 4.69) is 35.9 Å². The molecule has 5 nitrogen and oxygen atoms in total. The smallest absolute Gasteiger partial charge is 0.181 e. The van der Waals surface area contributed by atoms with Crippen LogP contribution in [0.2, 0.25) is 5.02 Å². The number of nitriles is 1. The van der Waals surface area contributed by atoms with Crippen LogP contribution in [0.25, 0.3) is 11.0 Å². The van der Waals surface area contributed by atoms with Gasteiger partial charge in [0, 0.05) is 17.0 Å². The largest absolute Gasteiger partial charge is 0.343 e. The van der Waals surface area contributed by atoms with E-state index in [4.69, 9.17) is 29.2 Å². The van der Waals surface area contributed by atoms with Crippen molar-refractivity contribution in [2.75, 3.05) is 0 Å². The quantitative estimate of drug-likeness (QED) is 0.389. The molecule has 170 valence electrons. The van der Waals surface area contributed by atoms with Crippen molar-refractivity contribution in [1.29, 1.82) is 10.7 Å². The number of aromatic amines is 1. The van der Waals surface area contributed by atoms with Crippen LogP contribution in [-0.4, -0.2) is 32.1 Å². The Hall–Kier alpha value is -2.49. The van der Waals surface area contributed by atoms with Crippen LogP contribution in [0.1, 0.15) is 60.5 Å². The first-order valence-corrected chi connectivity index (χ1v) is 12.5. The Bertz CT molecular complexity index is 1220. The standard InChI is InChI=1S/C26H28ClN5S/c1-15-12-20-21(13-16(15)2)31-25(30-20)26(14-28)22(17-8-10-18(27)11-9-17)23(33)32(24(26)29)19-6-4-3-5-7-19/h8-13,19,22-23,29,33H,3-7H2,1-2H3,(H,30,31). The first-order valence-electron chi connectivity index (χ1n) is 11.6. The molecular formula is C26H28ClN5S. The molecule has 1 aromatic heterocycles. The highest BCUT2D eigenvalue weighted by molar-refractivity contribution is 7.81. The number of aromatic nitrogens is 2. The summed E-state index contributed by atoms with van der Waals surface area (Å²) in [6.45, 7) is 4.13. The molecule has 3 atom stereocenters. The van der Waals surface area contributed by atoms with Crippen molar-refractivity contribution in [1.82, 2.24) is 14.9 Å². The van der Waals surface area contributed by atoms with Crippen LogP contribution < -0.4 is 0 Å². The van der Waals surface area contributed by atoms with Gasteiger partial charge in [0.1, 0.15) is 11.7 Å². The fourth-order valence-corrected chi connectivity index (χ4v) is 6.43. The number of fused-ring (bicyclic) bond motifs is 1. The molecule has 0 bridgehead atoms. The van der Waals surface area contributed by atoms with E-state index in [-0.39, 0.29) is 17.3 Å². The average molecular weight is 478 g/mol. The summed E-state index contributed by atoms with van der Waals surface area (Å²) in [5.41, 5.74) is 3.69. The summed E-state index contributed by atoms with van der Waals surface area (Å²) in [6, 6.07) is 14.5. The number of benzene rings is 2. The van der Waals surface area contributed by atoms with Crippen LogP contribution in [0.15, 0.2) is 36.4 Å². The van der Waals surface area contributed by atoms with E-state index >= 15 is 0 Å². The van der Waals surface area contributed by atoms with Gasteiger partial charge in [0.05, 0.1) is 22.5 Å². The Morgan fingerprint density at radius 3 is 2.48 bits per heavy atom. The van der Waals surface area contributed by atoms with Crippen LogP contribution >= 0.6 is 24.2 Å². The molecule has 2 aromatic carbocycles. The zero-order chi connectivity index (χ0) is 23.3. The van der Waals surface area contributed by atoms with Crippen LogP contribution in [0.4, 0.5) is 0 Å². The number of thiol groups is 1. The molecule has 7 heteroatoms. The topological polar surface area (TPSA) is 79.6 Å². The van der Waals surface area contributed by atoms with E-state index in [1.165, 1.54) is 6.42 Å². The average Bonchev–Trinajstić information content (AvgIpc) is 3.31. The number of nitrogens with zero attached hydrogens (tertiary/aromatic N) is 3. The molecule has 0 amide bonds. The monoisotopic (exact) mass is 477 g/mol. The minimum Gasteiger partial charge on any atom is -0.343 e. The van der Waals surface area contributed by atoms with Gasteiger partial charge in [-0.3, -0.25) is 5.41 Å². The summed E-state index contributed by atoms with van der Waals surface area (Å²) in [5, 5.41) is 20.5. The van der Waals surface area contributed by atoms with E-state index in [1.54, 1.807) is 0 Å². The van der Waals surface area contributed by atoms with Crippen LogP contribution in [0, 0.1) is 30.6 Å². The summed E-state index contributed by atoms with van der Waals surface area (Å²) in [4.78, 5) is 10.4. The molecule has 1 saturated heterocycles. The van der Waals surface area contributed by atoms with Gasteiger partial charge >= 0.3 is 0 Å². The molecule has 1 saturated carbocycles. The zero-order valence-electron chi connectivity index (χ0n) is 18.9. The van der Waals surface area contributed by atoms with Crippen molar-refractivity contribution in [3.63, 3.8) is 0 Å². The summed E-state index contributed by atoms with van der Waals surface area (Å²) >= 11 is 11.2. The maximum Gasteiger partial charge on any atom is 0.181 e. The van der Waals surface area contributed by atoms with Gasteiger partial charge in [0.25, 0.3) is 0 Å². The fourth-order valence-electron chi connectivity index (χ4n) is 5.61. The van der Waals surface area contributed by atoms with Crippen molar-refractivity contribution < 1.29 is 0 Å². The van der Waals surface area contributed by atoms with Gasteiger partial charge in [-0.15, -0.1) is 0 Å². The maximum absolute atomic E-state index is 10.8. The van der Waals surface area contributed by atoms with Gasteiger partial charge in [-0.2, -0.15) is 17.9 Å². The Labute approximate surface area is 205 Å². The van der Waals surface area contributed by atoms with E-state index in [0.717, 1.165) is 53.4 Å². The predicted molar refractivity (Wildman–Crippen MR) is 136 cm³/mol. The summed E-state index contributed by atoms with van der Waals surface area (Å²) in [5.74, 6) is 0.456. The van der Waals surface area contributed by atoms with Gasteiger partial charge in [0.2, 0.25) is 0 Å². The van der Waals surface area contributed by atoms with E-state index in [1.807, 2.05) is 30.3 Å². The minimum atomic E-state index is -1.27. The second-order valence-electron chi connectivity index (χ2n) is 9.45. The number of amidine groups is 1. The van der Waals surface area contributed by atoms with Crippen molar-refractivity contribution >= 4 is 41.1 Å². The number of imidazole rings is 1. The molecule has 1 aliphatic carbocycles. The Morgan fingerprint density at radius 1 is 1.15 bits per heavy atom. The Kier molecular flexibility index (Phi) is 5.66. The molecule has 2 aliphatic rings. The highest BCUT2D eigenvalue weighted by Crippen LogP contribution is 2.52. The van der Waals surface area contributed by atoms with Crippen molar-refractivity contribution in [2.45, 2.75) is 68.7 Å². The SMILES string of the molecule is Cc1cc2nc(C3(C#N)C(=N)N(C4CCCCC4)C(S)C3c3ccc(Cl)cc3)[nH]c2cc1C. The third kappa shape index (κ3) is 3.45. The molecule has 0 spiro atoms. The zero-order valence-corrected chi connectivity index (χ0v) is 20.5. The summed E-state index contributed by atoms with van der Waals surface area (Å²) in [6.07, 6.45) is 5.55. The number of aryl methyl sites for hydroxylation is 2. The Morgan fingerprint density at radius 2 is 1.82 bits per heavy atom. The third-order valence-electron chi connectivity index (χ3n) is 7.53. The van der Waals surface area contributed by atoms with Crippen LogP contribution in [0.3, 0.4) is 0 Å². The molecule has 2 fully saturated rings. The van der Waals surface area contributed by atoms with E-state index in [0.29, 0.717) is 16.7 Å². The molecule has 33 heavy (non-hydrogen) atoms. The number of nitrogens with one attached hydrogen (secondary N) is 2. The van der Waals surface area contributed by atoms with Gasteiger partial charge in [0.15, 0.2) is 5.41 Å². The lowest BCUT2D eigenvalue weighted by Crippen LogP contribution is -2.44. The van der Waals surface area contributed by atoms with Crippen molar-refractivity contribution in [3.05, 3.63) is 63.9 Å². The van der Waals surface area contributed by atoms with Crippen molar-refractivity contribution in [3.8, 4) is 6.07 Å². The second kappa shape index (κ2) is 8.38. The van der Waals surface area contributed by atoms with E-state index in [9.17, 15) is 10.7 Å². The molecular weight excluding hydrogens is 450 g/mol. The lowest BCUT2D eigenvalue weighted by Gasteiger charge is -2.36. The first kappa shape index (κ1) is 22.3. The van der Waals surface area contributed by atoms with Gasteiger partial charge in [-0.1, -0.05) is 43.0 Å². The van der Waals surface area contributed by atoms with Crippen LogP contribution in [0.5, 0.6) is 0 Å². The number of halogens is 1. The number of H-pyrrole nitrogens is 1. The van der Waals surface area contributed by atoms with Gasteiger partial charge < -0.3 is 9.88 Å². The molecule has 2 N–H and O–H groups in total. The van der Waals surface area contributed by atoms with Gasteiger partial charge in [-0.25, -0.2) is 4.98 Å². The first-order chi connectivity index (χ1) is 15.9. The Balaban J connectivity index is 1.71. The molecule has 0 radical (unpaired) electrons. The molecule has 3 unspecified atom stereocenters. The summed E-state index contributed by atoms with van der Waals surface area (Å²) < 4.78 is 0. The minimum absolute atomic E-state index is 0.215. The number of rotatable bonds is 3. The highest BCUT2D eigenvalue weighted by Gasteiger charge is 2.61. The lowest BCUT2D eigenvalue weighted by atomic mass is 9.74. The highest BCUT2D eigenvalue weighted by atomic mass is 35.5. The third-order valence-corrected chi connectivity index (χ3v) is 8.32. The lowest BCUT2D eigenvalue weighted by molar-refractivity contribution is 0.238. The fraction of sp³-hybridized carbons (Fsp3) is 0.423. The number of hydrogen-bond acceptors (Lipinski definition) is 4. The van der Waals surface area contributed by atoms with E-state index < -0.39 is 5.41 Å². The number of hydrogen-bond donors (Lipinski definition) is 3. The second-order valence-corrected chi connectivity index (χ2v) is 10.4. The normalized spacial score (nSPS) is 26.2. The predicted octanol–water partition coefficient (Wildman–Crippen LogP) is 6.26. The maximum atomic E-state index is 10.8. The molecule has 3 aromatic rings. The molecule has 1 aliphatic heterocycles.